The van der Waals surface area contributed by atoms with Crippen LogP contribution in [0.4, 0.5) is 14.5 Å². The van der Waals surface area contributed by atoms with Crippen molar-refractivity contribution in [2.24, 2.45) is 0 Å². The molecule has 0 atom stereocenters. The van der Waals surface area contributed by atoms with Crippen LogP contribution in [0.15, 0.2) is 42.5 Å². The molecule has 1 N–H and O–H groups in total. The number of carbonyl (C=O) groups is 1. The van der Waals surface area contributed by atoms with E-state index in [0.29, 0.717) is 22.7 Å². The van der Waals surface area contributed by atoms with E-state index in [1.54, 1.807) is 18.2 Å². The van der Waals surface area contributed by atoms with Crippen LogP contribution in [0.1, 0.15) is 24.2 Å². The second-order valence-corrected chi connectivity index (χ2v) is 5.39. The Bertz CT molecular complexity index is 718. The molecule has 1 amide bonds. The summed E-state index contributed by atoms with van der Waals surface area (Å²) in [5.74, 6) is 0.645. The van der Waals surface area contributed by atoms with E-state index < -0.39 is 6.61 Å². The van der Waals surface area contributed by atoms with Crippen molar-refractivity contribution >= 4 is 11.6 Å². The Morgan fingerprint density at radius 1 is 1.00 bits per heavy atom. The summed E-state index contributed by atoms with van der Waals surface area (Å²) in [5, 5.41) is 2.67. The minimum absolute atomic E-state index is 0.0184. The normalized spacial score (nSPS) is 10.7. The number of ether oxygens (including phenoxy) is 3. The van der Waals surface area contributed by atoms with Gasteiger partial charge in [0.1, 0.15) is 5.75 Å². The highest BCUT2D eigenvalue weighted by Crippen LogP contribution is 2.29. The summed E-state index contributed by atoms with van der Waals surface area (Å²) in [5.41, 5.74) is 0.828. The fourth-order valence-corrected chi connectivity index (χ4v) is 2.08. The number of rotatable bonds is 7. The lowest BCUT2D eigenvalue weighted by molar-refractivity contribution is -0.0498. The Labute approximate surface area is 144 Å². The molecule has 0 aliphatic rings. The van der Waals surface area contributed by atoms with Crippen LogP contribution in [0.5, 0.6) is 17.2 Å². The maximum atomic E-state index is 12.3. The summed E-state index contributed by atoms with van der Waals surface area (Å²) in [6, 6.07) is 10.5. The summed E-state index contributed by atoms with van der Waals surface area (Å²) in [4.78, 5) is 12.3. The third-order valence-corrected chi connectivity index (χ3v) is 3.13. The highest BCUT2D eigenvalue weighted by molar-refractivity contribution is 6.04. The molecule has 2 aromatic rings. The topological polar surface area (TPSA) is 56.8 Å². The molecule has 0 aliphatic carbocycles. The first-order chi connectivity index (χ1) is 11.9. The molecule has 0 spiro atoms. The van der Waals surface area contributed by atoms with Gasteiger partial charge in [-0.05, 0) is 56.3 Å². The molecular formula is C18H19F2NO4. The van der Waals surface area contributed by atoms with Gasteiger partial charge in [-0.15, -0.1) is 0 Å². The van der Waals surface area contributed by atoms with E-state index in [9.17, 15) is 13.6 Å². The largest absolute Gasteiger partial charge is 0.493 e. The first-order valence-electron chi connectivity index (χ1n) is 7.60. The van der Waals surface area contributed by atoms with Crippen molar-refractivity contribution in [2.75, 3.05) is 12.4 Å². The minimum atomic E-state index is -2.89. The zero-order valence-corrected chi connectivity index (χ0v) is 14.1. The zero-order chi connectivity index (χ0) is 18.4. The molecule has 0 saturated heterocycles. The quantitative estimate of drug-likeness (QED) is 0.806. The molecule has 0 heterocycles. The van der Waals surface area contributed by atoms with Gasteiger partial charge in [0, 0.05) is 11.3 Å². The van der Waals surface area contributed by atoms with E-state index in [2.05, 4.69) is 10.1 Å². The Balaban J connectivity index is 2.09. The number of amides is 1. The van der Waals surface area contributed by atoms with Gasteiger partial charge < -0.3 is 19.5 Å². The van der Waals surface area contributed by atoms with Gasteiger partial charge in [0.2, 0.25) is 0 Å². The van der Waals surface area contributed by atoms with Crippen LogP contribution in [-0.4, -0.2) is 25.7 Å². The van der Waals surface area contributed by atoms with Crippen LogP contribution in [0, 0.1) is 0 Å². The van der Waals surface area contributed by atoms with Crippen LogP contribution >= 0.6 is 0 Å². The van der Waals surface area contributed by atoms with Crippen molar-refractivity contribution in [3.8, 4) is 17.2 Å². The fraction of sp³-hybridized carbons (Fsp3) is 0.278. The summed E-state index contributed by atoms with van der Waals surface area (Å²) >= 11 is 0. The molecule has 25 heavy (non-hydrogen) atoms. The van der Waals surface area contributed by atoms with E-state index >= 15 is 0 Å². The lowest BCUT2D eigenvalue weighted by atomic mass is 10.1. The van der Waals surface area contributed by atoms with Crippen LogP contribution in [0.3, 0.4) is 0 Å². The summed E-state index contributed by atoms with van der Waals surface area (Å²) in [6.07, 6.45) is -0.0254. The molecule has 2 rings (SSSR count). The highest BCUT2D eigenvalue weighted by Gasteiger charge is 2.13. The summed E-state index contributed by atoms with van der Waals surface area (Å²) < 4.78 is 39.4. The number of nitrogens with one attached hydrogen (secondary N) is 1. The fourth-order valence-electron chi connectivity index (χ4n) is 2.08. The molecule has 2 aromatic carbocycles. The molecule has 0 radical (unpaired) electrons. The Hall–Kier alpha value is -2.83. The third kappa shape index (κ3) is 5.34. The van der Waals surface area contributed by atoms with Gasteiger partial charge in [0.05, 0.1) is 13.2 Å². The standard InChI is InChI=1S/C18H19F2NO4/c1-11(2)24-15-9-4-12(10-16(15)23-3)17(22)21-13-5-7-14(8-6-13)25-18(19)20/h4-11,18H,1-3H3,(H,21,22). The molecular weight excluding hydrogens is 332 g/mol. The zero-order valence-electron chi connectivity index (χ0n) is 14.1. The SMILES string of the molecule is COc1cc(C(=O)Nc2ccc(OC(F)F)cc2)ccc1OC(C)C. The van der Waals surface area contributed by atoms with Gasteiger partial charge >= 0.3 is 6.61 Å². The predicted octanol–water partition coefficient (Wildman–Crippen LogP) is 4.34. The van der Waals surface area contributed by atoms with Crippen molar-refractivity contribution in [3.05, 3.63) is 48.0 Å². The number of anilines is 1. The first kappa shape index (κ1) is 18.5. The predicted molar refractivity (Wildman–Crippen MR) is 89.8 cm³/mol. The van der Waals surface area contributed by atoms with Crippen molar-refractivity contribution in [1.29, 1.82) is 0 Å². The average Bonchev–Trinajstić information content (AvgIpc) is 2.56. The Morgan fingerprint density at radius 3 is 2.24 bits per heavy atom. The van der Waals surface area contributed by atoms with E-state index in [-0.39, 0.29) is 17.8 Å². The Morgan fingerprint density at radius 2 is 1.68 bits per heavy atom. The Kier molecular flexibility index (Phi) is 6.16. The van der Waals surface area contributed by atoms with Crippen molar-refractivity contribution in [2.45, 2.75) is 26.6 Å². The minimum Gasteiger partial charge on any atom is -0.493 e. The summed E-state index contributed by atoms with van der Waals surface area (Å²) in [7, 11) is 1.49. The number of benzene rings is 2. The van der Waals surface area contributed by atoms with Crippen LogP contribution in [0.25, 0.3) is 0 Å². The number of halogens is 2. The lowest BCUT2D eigenvalue weighted by Crippen LogP contribution is -2.13. The maximum absolute atomic E-state index is 12.3. The van der Waals surface area contributed by atoms with Gasteiger partial charge in [0.15, 0.2) is 11.5 Å². The molecule has 0 aromatic heterocycles. The molecule has 0 saturated carbocycles. The molecule has 7 heteroatoms. The number of carbonyl (C=O) groups excluding carboxylic acids is 1. The van der Waals surface area contributed by atoms with Gasteiger partial charge in [-0.25, -0.2) is 0 Å². The van der Waals surface area contributed by atoms with Gasteiger partial charge in [-0.2, -0.15) is 8.78 Å². The molecule has 0 bridgehead atoms. The first-order valence-corrected chi connectivity index (χ1v) is 7.60. The number of alkyl halides is 2. The molecule has 5 nitrogen and oxygen atoms in total. The third-order valence-electron chi connectivity index (χ3n) is 3.13. The van der Waals surface area contributed by atoms with Crippen molar-refractivity contribution in [1.82, 2.24) is 0 Å². The average molecular weight is 351 g/mol. The summed E-state index contributed by atoms with van der Waals surface area (Å²) in [6.45, 7) is 0.891. The van der Waals surface area contributed by atoms with E-state index in [4.69, 9.17) is 9.47 Å². The van der Waals surface area contributed by atoms with E-state index in [1.165, 1.54) is 31.4 Å². The van der Waals surface area contributed by atoms with Gasteiger partial charge in [-0.3, -0.25) is 4.79 Å². The molecule has 134 valence electrons. The second kappa shape index (κ2) is 8.32. The van der Waals surface area contributed by atoms with Gasteiger partial charge in [-0.1, -0.05) is 0 Å². The monoisotopic (exact) mass is 351 g/mol. The van der Waals surface area contributed by atoms with Crippen molar-refractivity contribution < 1.29 is 27.8 Å². The van der Waals surface area contributed by atoms with Crippen LogP contribution < -0.4 is 19.5 Å². The van der Waals surface area contributed by atoms with Crippen LogP contribution in [-0.2, 0) is 0 Å². The highest BCUT2D eigenvalue weighted by atomic mass is 19.3. The van der Waals surface area contributed by atoms with E-state index in [1.807, 2.05) is 13.8 Å². The smallest absolute Gasteiger partial charge is 0.387 e. The number of hydrogen-bond donors (Lipinski definition) is 1. The lowest BCUT2D eigenvalue weighted by Gasteiger charge is -2.14. The van der Waals surface area contributed by atoms with Crippen molar-refractivity contribution in [3.63, 3.8) is 0 Å². The molecule has 0 unspecified atom stereocenters. The van der Waals surface area contributed by atoms with Crippen LogP contribution in [0.2, 0.25) is 0 Å². The molecule has 0 fully saturated rings. The maximum Gasteiger partial charge on any atom is 0.387 e. The van der Waals surface area contributed by atoms with E-state index in [0.717, 1.165) is 0 Å². The second-order valence-electron chi connectivity index (χ2n) is 5.39. The number of hydrogen-bond acceptors (Lipinski definition) is 4. The van der Waals surface area contributed by atoms with Gasteiger partial charge in [0.25, 0.3) is 5.91 Å². The molecule has 0 aliphatic heterocycles. The number of methoxy groups -OCH3 is 1.